The zero-order chi connectivity index (χ0) is 15.5. The van der Waals surface area contributed by atoms with Crippen LogP contribution in [-0.2, 0) is 4.74 Å². The van der Waals surface area contributed by atoms with Crippen molar-refractivity contribution in [1.29, 1.82) is 0 Å². The number of anilines is 2. The van der Waals surface area contributed by atoms with Crippen molar-refractivity contribution in [2.75, 3.05) is 31.6 Å². The fourth-order valence-corrected chi connectivity index (χ4v) is 2.91. The summed E-state index contributed by atoms with van der Waals surface area (Å²) in [6.45, 7) is 3.42. The van der Waals surface area contributed by atoms with E-state index >= 15 is 0 Å². The van der Waals surface area contributed by atoms with Crippen molar-refractivity contribution >= 4 is 28.4 Å². The Hall–Kier alpha value is -2.50. The molecule has 0 spiro atoms. The minimum atomic E-state index is 0.642. The van der Waals surface area contributed by atoms with E-state index in [9.17, 15) is 0 Å². The lowest BCUT2D eigenvalue weighted by Gasteiger charge is -2.23. The van der Waals surface area contributed by atoms with Gasteiger partial charge in [0.15, 0.2) is 0 Å². The van der Waals surface area contributed by atoms with Crippen LogP contribution in [0.1, 0.15) is 0 Å². The molecule has 0 saturated carbocycles. The predicted octanol–water partition coefficient (Wildman–Crippen LogP) is 1.92. The first-order chi connectivity index (χ1) is 11.4. The minimum absolute atomic E-state index is 0.642. The molecule has 2 aromatic carbocycles. The third-order valence-electron chi connectivity index (χ3n) is 4.06. The lowest BCUT2D eigenvalue weighted by molar-refractivity contribution is -0.843. The van der Waals surface area contributed by atoms with Crippen molar-refractivity contribution < 1.29 is 9.64 Å². The van der Waals surface area contributed by atoms with Crippen LogP contribution in [0.25, 0.3) is 10.9 Å². The van der Waals surface area contributed by atoms with Crippen molar-refractivity contribution in [3.63, 3.8) is 0 Å². The standard InChI is InChI=1S/C18H18N4O/c1-2-6-14(7-3-1)19-18-20-16-9-5-4-8-15(16)17(21-18)22-10-12-23-13-11-22/h1-9H,10-13H2,(H,19,20,21)/p+1. The van der Waals surface area contributed by atoms with Crippen molar-refractivity contribution in [2.45, 2.75) is 0 Å². The van der Waals surface area contributed by atoms with Gasteiger partial charge in [0.1, 0.15) is 13.1 Å². The Balaban J connectivity index is 1.76. The Kier molecular flexibility index (Phi) is 3.88. The fourth-order valence-electron chi connectivity index (χ4n) is 2.91. The van der Waals surface area contributed by atoms with Crippen LogP contribution in [0.4, 0.5) is 17.5 Å². The number of para-hydroxylation sites is 2. The lowest BCUT2D eigenvalue weighted by atomic mass is 10.2. The summed E-state index contributed by atoms with van der Waals surface area (Å²) in [5.41, 5.74) is 1.96. The number of hydrogen-bond donors (Lipinski definition) is 2. The van der Waals surface area contributed by atoms with Gasteiger partial charge in [0.05, 0.1) is 24.1 Å². The van der Waals surface area contributed by atoms with Crippen LogP contribution in [0.3, 0.4) is 0 Å². The highest BCUT2D eigenvalue weighted by Crippen LogP contribution is 2.21. The van der Waals surface area contributed by atoms with Crippen LogP contribution >= 0.6 is 0 Å². The Labute approximate surface area is 134 Å². The summed E-state index contributed by atoms with van der Waals surface area (Å²) in [5.74, 6) is 1.70. The van der Waals surface area contributed by atoms with E-state index in [2.05, 4.69) is 16.4 Å². The summed E-state index contributed by atoms with van der Waals surface area (Å²) >= 11 is 0. The molecule has 0 amide bonds. The maximum Gasteiger partial charge on any atom is 0.238 e. The molecule has 4 rings (SSSR count). The maximum atomic E-state index is 5.48. The van der Waals surface area contributed by atoms with E-state index in [0.29, 0.717) is 5.95 Å². The number of benzene rings is 2. The van der Waals surface area contributed by atoms with Crippen LogP contribution in [-0.4, -0.2) is 36.3 Å². The number of nitrogens with one attached hydrogen (secondary N) is 2. The van der Waals surface area contributed by atoms with E-state index < -0.39 is 0 Å². The summed E-state index contributed by atoms with van der Waals surface area (Å²) in [4.78, 5) is 10.8. The molecule has 0 radical (unpaired) electrons. The van der Waals surface area contributed by atoms with Crippen LogP contribution in [0.2, 0.25) is 0 Å². The molecule has 5 heteroatoms. The smallest absolute Gasteiger partial charge is 0.238 e. The summed E-state index contributed by atoms with van der Waals surface area (Å²) in [6, 6.07) is 18.2. The summed E-state index contributed by atoms with van der Waals surface area (Å²) < 4.78 is 5.48. The van der Waals surface area contributed by atoms with Gasteiger partial charge in [-0.25, -0.2) is 4.98 Å². The first kappa shape index (κ1) is 14.1. The third-order valence-corrected chi connectivity index (χ3v) is 4.06. The van der Waals surface area contributed by atoms with Gasteiger partial charge in [-0.3, -0.25) is 4.90 Å². The van der Waals surface area contributed by atoms with E-state index in [0.717, 1.165) is 48.7 Å². The van der Waals surface area contributed by atoms with Crippen molar-refractivity contribution in [1.82, 2.24) is 9.97 Å². The second kappa shape index (κ2) is 6.32. The van der Waals surface area contributed by atoms with Gasteiger partial charge in [-0.2, -0.15) is 4.98 Å². The van der Waals surface area contributed by atoms with E-state index in [-0.39, 0.29) is 0 Å². The van der Waals surface area contributed by atoms with E-state index in [1.807, 2.05) is 48.5 Å². The molecule has 0 atom stereocenters. The Morgan fingerprint density at radius 1 is 0.870 bits per heavy atom. The van der Waals surface area contributed by atoms with Gasteiger partial charge < -0.3 is 10.1 Å². The first-order valence-corrected chi connectivity index (χ1v) is 7.92. The highest BCUT2D eigenvalue weighted by atomic mass is 16.5. The molecule has 3 aromatic rings. The molecule has 0 bridgehead atoms. The number of ether oxygens (including phenoxy) is 1. The molecule has 2 heterocycles. The quantitative estimate of drug-likeness (QED) is 0.776. The van der Waals surface area contributed by atoms with E-state index in [4.69, 9.17) is 9.72 Å². The largest absolute Gasteiger partial charge is 0.370 e. The number of nitrogens with zero attached hydrogens (tertiary/aromatic N) is 2. The molecule has 0 unspecified atom stereocenters. The Morgan fingerprint density at radius 2 is 1.61 bits per heavy atom. The summed E-state index contributed by atoms with van der Waals surface area (Å²) in [5, 5.41) is 4.42. The monoisotopic (exact) mass is 307 g/mol. The Bertz CT molecular complexity index is 800. The first-order valence-electron chi connectivity index (χ1n) is 7.92. The van der Waals surface area contributed by atoms with Crippen LogP contribution in [0.5, 0.6) is 0 Å². The summed E-state index contributed by atoms with van der Waals surface area (Å²) in [7, 11) is 0. The zero-order valence-electron chi connectivity index (χ0n) is 12.8. The van der Waals surface area contributed by atoms with Crippen molar-refractivity contribution in [3.8, 4) is 0 Å². The second-order valence-corrected chi connectivity index (χ2v) is 5.62. The highest BCUT2D eigenvalue weighted by molar-refractivity contribution is 5.87. The van der Waals surface area contributed by atoms with Gasteiger partial charge >= 0.3 is 0 Å². The number of quaternary nitrogens is 1. The van der Waals surface area contributed by atoms with Gasteiger partial charge in [-0.15, -0.1) is 0 Å². The van der Waals surface area contributed by atoms with Gasteiger partial charge in [0.2, 0.25) is 11.8 Å². The average Bonchev–Trinajstić information content (AvgIpc) is 2.63. The highest BCUT2D eigenvalue weighted by Gasteiger charge is 2.22. The minimum Gasteiger partial charge on any atom is -0.370 e. The third kappa shape index (κ3) is 3.02. The van der Waals surface area contributed by atoms with Gasteiger partial charge in [0, 0.05) is 5.69 Å². The van der Waals surface area contributed by atoms with E-state index in [1.165, 1.54) is 4.90 Å². The zero-order valence-corrected chi connectivity index (χ0v) is 12.8. The van der Waals surface area contributed by atoms with Crippen LogP contribution in [0, 0.1) is 0 Å². The molecule has 1 aromatic heterocycles. The van der Waals surface area contributed by atoms with E-state index in [1.54, 1.807) is 0 Å². The fraction of sp³-hybridized carbons (Fsp3) is 0.222. The second-order valence-electron chi connectivity index (χ2n) is 5.62. The molecule has 1 fully saturated rings. The summed E-state index contributed by atoms with van der Waals surface area (Å²) in [6.07, 6.45) is 0. The molecule has 1 aliphatic heterocycles. The molecule has 2 N–H and O–H groups in total. The molecule has 0 aliphatic carbocycles. The van der Waals surface area contributed by atoms with Crippen molar-refractivity contribution in [3.05, 3.63) is 54.6 Å². The molecule has 1 saturated heterocycles. The Morgan fingerprint density at radius 3 is 2.43 bits per heavy atom. The maximum absolute atomic E-state index is 5.48. The number of fused-ring (bicyclic) bond motifs is 1. The number of rotatable bonds is 3. The topological polar surface area (TPSA) is 51.5 Å². The average molecular weight is 307 g/mol. The van der Waals surface area contributed by atoms with Crippen LogP contribution in [0.15, 0.2) is 54.6 Å². The molecule has 23 heavy (non-hydrogen) atoms. The van der Waals surface area contributed by atoms with Crippen molar-refractivity contribution in [2.24, 2.45) is 0 Å². The SMILES string of the molecule is c1ccc(Nc2nc([NH+]3CCOCC3)c3ccccc3n2)cc1. The molecule has 1 aliphatic rings. The number of aromatic nitrogens is 2. The number of hydrogen-bond acceptors (Lipinski definition) is 4. The normalized spacial score (nSPS) is 15.7. The molecule has 116 valence electrons. The van der Waals surface area contributed by atoms with Gasteiger partial charge in [-0.05, 0) is 24.3 Å². The lowest BCUT2D eigenvalue weighted by Crippen LogP contribution is -3.09. The molecular weight excluding hydrogens is 288 g/mol. The van der Waals surface area contributed by atoms with Gasteiger partial charge in [-0.1, -0.05) is 30.3 Å². The van der Waals surface area contributed by atoms with Crippen LogP contribution < -0.4 is 10.2 Å². The molecule has 5 nitrogen and oxygen atoms in total. The predicted molar refractivity (Wildman–Crippen MR) is 90.4 cm³/mol. The number of morpholine rings is 1. The van der Waals surface area contributed by atoms with Gasteiger partial charge in [0.25, 0.3) is 0 Å². The molecular formula is C18H19N4O+.